The van der Waals surface area contributed by atoms with Gasteiger partial charge in [0.15, 0.2) is 0 Å². The number of anilines is 1. The fraction of sp³-hybridized carbons (Fsp3) is 0.286. The van der Waals surface area contributed by atoms with E-state index in [1.54, 1.807) is 6.92 Å². The molecule has 3 aromatic rings. The standard InChI is InChI=1S/C28H32BrFN4O4S/c1-4-31-28(36)26(18-21-9-6-5-7-10-21)33(19-22-11-8-12-23(29)17-22)27(35)20-34(39(37,38)32(2)3)25-15-13-24(30)14-16-25/h5-17,26H,4,18-20H2,1-3H3,(H,31,36)/t26-/m1/s1. The highest BCUT2D eigenvalue weighted by atomic mass is 79.9. The monoisotopic (exact) mass is 618 g/mol. The summed E-state index contributed by atoms with van der Waals surface area (Å²) >= 11 is 3.45. The van der Waals surface area contributed by atoms with Crippen LogP contribution in [0.3, 0.4) is 0 Å². The predicted octanol–water partition coefficient (Wildman–Crippen LogP) is 3.98. The summed E-state index contributed by atoms with van der Waals surface area (Å²) < 4.78 is 42.9. The minimum absolute atomic E-state index is 0.0617. The first-order valence-electron chi connectivity index (χ1n) is 12.3. The van der Waals surface area contributed by atoms with Crippen LogP contribution >= 0.6 is 15.9 Å². The first kappa shape index (κ1) is 30.3. The molecule has 0 fully saturated rings. The summed E-state index contributed by atoms with van der Waals surface area (Å²) in [6.07, 6.45) is 0.226. The molecule has 8 nitrogen and oxygen atoms in total. The van der Waals surface area contributed by atoms with Crippen LogP contribution in [0.15, 0.2) is 83.3 Å². The van der Waals surface area contributed by atoms with Crippen LogP contribution < -0.4 is 9.62 Å². The number of halogens is 2. The van der Waals surface area contributed by atoms with Crippen molar-refractivity contribution in [3.63, 3.8) is 0 Å². The molecule has 0 radical (unpaired) electrons. The third-order valence-electron chi connectivity index (χ3n) is 6.00. The average Bonchev–Trinajstić information content (AvgIpc) is 2.90. The highest BCUT2D eigenvalue weighted by Crippen LogP contribution is 2.23. The summed E-state index contributed by atoms with van der Waals surface area (Å²) in [5, 5.41) is 2.81. The summed E-state index contributed by atoms with van der Waals surface area (Å²) in [5.74, 6) is -1.48. The fourth-order valence-corrected chi connectivity index (χ4v) is 5.50. The van der Waals surface area contributed by atoms with Crippen LogP contribution in [-0.2, 0) is 32.8 Å². The van der Waals surface area contributed by atoms with Crippen molar-refractivity contribution < 1.29 is 22.4 Å². The minimum Gasteiger partial charge on any atom is -0.355 e. The number of nitrogens with zero attached hydrogens (tertiary/aromatic N) is 3. The second-order valence-electron chi connectivity index (χ2n) is 9.02. The van der Waals surface area contributed by atoms with Crippen LogP contribution in [0, 0.1) is 5.82 Å². The molecule has 0 spiro atoms. The molecule has 0 aromatic heterocycles. The number of likely N-dealkylation sites (N-methyl/N-ethyl adjacent to an activating group) is 1. The van der Waals surface area contributed by atoms with Crippen molar-refractivity contribution in [2.45, 2.75) is 25.9 Å². The molecule has 1 N–H and O–H groups in total. The van der Waals surface area contributed by atoms with E-state index in [0.717, 1.165) is 36.3 Å². The van der Waals surface area contributed by atoms with Crippen LogP contribution in [0.1, 0.15) is 18.1 Å². The highest BCUT2D eigenvalue weighted by Gasteiger charge is 2.34. The van der Waals surface area contributed by atoms with Gasteiger partial charge in [-0.05, 0) is 54.4 Å². The zero-order valence-electron chi connectivity index (χ0n) is 22.1. The van der Waals surface area contributed by atoms with Gasteiger partial charge in [-0.25, -0.2) is 8.70 Å². The fourth-order valence-electron chi connectivity index (χ4n) is 4.00. The van der Waals surface area contributed by atoms with E-state index in [0.29, 0.717) is 6.54 Å². The second-order valence-corrected chi connectivity index (χ2v) is 12.0. The lowest BCUT2D eigenvalue weighted by Crippen LogP contribution is -2.54. The van der Waals surface area contributed by atoms with E-state index in [2.05, 4.69) is 21.2 Å². The Bertz CT molecular complexity index is 1370. The molecule has 0 saturated carbocycles. The number of rotatable bonds is 12. The molecule has 3 rings (SSSR count). The minimum atomic E-state index is -4.14. The third-order valence-corrected chi connectivity index (χ3v) is 8.31. The van der Waals surface area contributed by atoms with Crippen molar-refractivity contribution >= 4 is 43.6 Å². The normalized spacial score (nSPS) is 12.2. The van der Waals surface area contributed by atoms with E-state index >= 15 is 0 Å². The van der Waals surface area contributed by atoms with Gasteiger partial charge in [0, 0.05) is 38.1 Å². The summed E-state index contributed by atoms with van der Waals surface area (Å²) in [4.78, 5) is 28.8. The quantitative estimate of drug-likeness (QED) is 0.332. The molecule has 0 saturated heterocycles. The van der Waals surface area contributed by atoms with Crippen molar-refractivity contribution in [3.05, 3.63) is 100 Å². The maximum Gasteiger partial charge on any atom is 0.304 e. The SMILES string of the molecule is CCNC(=O)[C@@H](Cc1ccccc1)N(Cc1cccc(Br)c1)C(=O)CN(c1ccc(F)cc1)S(=O)(=O)N(C)C. The van der Waals surface area contributed by atoms with Crippen molar-refractivity contribution in [1.82, 2.24) is 14.5 Å². The molecule has 0 aliphatic heterocycles. The lowest BCUT2D eigenvalue weighted by Gasteiger charge is -2.34. The van der Waals surface area contributed by atoms with Crippen LogP contribution in [0.5, 0.6) is 0 Å². The van der Waals surface area contributed by atoms with E-state index in [1.165, 1.54) is 31.1 Å². The van der Waals surface area contributed by atoms with Crippen molar-refractivity contribution in [1.29, 1.82) is 0 Å². The van der Waals surface area contributed by atoms with E-state index in [-0.39, 0.29) is 24.6 Å². The molecule has 0 bridgehead atoms. The number of carbonyl (C=O) groups is 2. The smallest absolute Gasteiger partial charge is 0.304 e. The Morgan fingerprint density at radius 2 is 1.59 bits per heavy atom. The summed E-state index contributed by atoms with van der Waals surface area (Å²) in [5.41, 5.74) is 1.72. The van der Waals surface area contributed by atoms with Crippen LogP contribution in [0.2, 0.25) is 0 Å². The van der Waals surface area contributed by atoms with Crippen LogP contribution in [0.4, 0.5) is 10.1 Å². The second kappa shape index (κ2) is 13.7. The van der Waals surface area contributed by atoms with Gasteiger partial charge >= 0.3 is 10.2 Å². The molecule has 39 heavy (non-hydrogen) atoms. The Kier molecular flexibility index (Phi) is 10.6. The first-order valence-corrected chi connectivity index (χ1v) is 14.5. The maximum absolute atomic E-state index is 14.0. The molecule has 0 aliphatic carbocycles. The third kappa shape index (κ3) is 8.11. The Hall–Kier alpha value is -3.28. The van der Waals surface area contributed by atoms with Gasteiger partial charge in [-0.1, -0.05) is 58.4 Å². The Labute approximate surface area is 237 Å². The molecule has 3 aromatic carbocycles. The highest BCUT2D eigenvalue weighted by molar-refractivity contribution is 9.10. The van der Waals surface area contributed by atoms with Crippen molar-refractivity contribution in [3.8, 4) is 0 Å². The van der Waals surface area contributed by atoms with E-state index in [1.807, 2.05) is 54.6 Å². The average molecular weight is 620 g/mol. The zero-order chi connectivity index (χ0) is 28.6. The molecule has 2 amide bonds. The molecular formula is C28H32BrFN4O4S. The zero-order valence-corrected chi connectivity index (χ0v) is 24.5. The lowest BCUT2D eigenvalue weighted by molar-refractivity contribution is -0.140. The Morgan fingerprint density at radius 3 is 2.18 bits per heavy atom. The summed E-state index contributed by atoms with van der Waals surface area (Å²) in [7, 11) is -1.44. The van der Waals surface area contributed by atoms with E-state index < -0.39 is 34.5 Å². The topological polar surface area (TPSA) is 90.0 Å². The molecule has 0 aliphatic rings. The molecule has 11 heteroatoms. The van der Waals surface area contributed by atoms with Gasteiger partial charge in [-0.3, -0.25) is 9.59 Å². The molecule has 208 valence electrons. The number of amides is 2. The lowest BCUT2D eigenvalue weighted by atomic mass is 10.0. The number of hydrogen-bond acceptors (Lipinski definition) is 4. The molecule has 0 heterocycles. The van der Waals surface area contributed by atoms with Gasteiger partial charge in [0.05, 0.1) is 5.69 Å². The maximum atomic E-state index is 14.0. The first-order chi connectivity index (χ1) is 18.5. The van der Waals surface area contributed by atoms with Crippen molar-refractivity contribution in [2.75, 3.05) is 31.5 Å². The Morgan fingerprint density at radius 1 is 0.949 bits per heavy atom. The number of hydrogen-bond donors (Lipinski definition) is 1. The van der Waals surface area contributed by atoms with Gasteiger partial charge in [-0.2, -0.15) is 12.7 Å². The van der Waals surface area contributed by atoms with Gasteiger partial charge in [0.25, 0.3) is 0 Å². The number of nitrogens with one attached hydrogen (secondary N) is 1. The molecule has 0 unspecified atom stereocenters. The molecular weight excluding hydrogens is 587 g/mol. The van der Waals surface area contributed by atoms with Gasteiger partial charge in [0.1, 0.15) is 18.4 Å². The molecule has 1 atom stereocenters. The van der Waals surface area contributed by atoms with Crippen molar-refractivity contribution in [2.24, 2.45) is 0 Å². The van der Waals surface area contributed by atoms with Gasteiger partial charge < -0.3 is 10.2 Å². The number of benzene rings is 3. The summed E-state index contributed by atoms with van der Waals surface area (Å²) in [6.45, 7) is 1.62. The predicted molar refractivity (Wildman–Crippen MR) is 154 cm³/mol. The summed E-state index contributed by atoms with van der Waals surface area (Å²) in [6, 6.07) is 20.6. The van der Waals surface area contributed by atoms with E-state index in [9.17, 15) is 22.4 Å². The Balaban J connectivity index is 2.07. The van der Waals surface area contributed by atoms with E-state index in [4.69, 9.17) is 0 Å². The van der Waals surface area contributed by atoms with Crippen LogP contribution in [0.25, 0.3) is 0 Å². The van der Waals surface area contributed by atoms with Crippen LogP contribution in [-0.4, -0.2) is 62.7 Å². The van der Waals surface area contributed by atoms with Gasteiger partial charge in [-0.15, -0.1) is 0 Å². The number of carbonyl (C=O) groups excluding carboxylic acids is 2. The largest absolute Gasteiger partial charge is 0.355 e. The van der Waals surface area contributed by atoms with Gasteiger partial charge in [0.2, 0.25) is 11.8 Å².